The smallest absolute Gasteiger partial charge is 0.186 e. The molecule has 86 valence electrons. The Balaban J connectivity index is 2.80. The minimum absolute atomic E-state index is 0.102. The number of nitrogens with two attached hydrogens (primary N) is 1. The maximum atomic E-state index is 8.82. The van der Waals surface area contributed by atoms with E-state index >= 15 is 0 Å². The Labute approximate surface area is 97.6 Å². The third-order valence-electron chi connectivity index (χ3n) is 2.41. The van der Waals surface area contributed by atoms with Gasteiger partial charge in [-0.05, 0) is 6.07 Å². The molecule has 2 rings (SSSR count). The van der Waals surface area contributed by atoms with Gasteiger partial charge in [-0.3, -0.25) is 0 Å². The molecular formula is C11H10N4O2. The Kier molecular flexibility index (Phi) is 2.66. The van der Waals surface area contributed by atoms with Crippen LogP contribution < -0.4 is 15.2 Å². The van der Waals surface area contributed by atoms with E-state index in [2.05, 4.69) is 10.2 Å². The van der Waals surface area contributed by atoms with Gasteiger partial charge in [0.1, 0.15) is 6.07 Å². The van der Waals surface area contributed by atoms with Gasteiger partial charge in [-0.1, -0.05) is 0 Å². The fourth-order valence-corrected chi connectivity index (χ4v) is 1.53. The van der Waals surface area contributed by atoms with Crippen molar-refractivity contribution in [2.24, 2.45) is 0 Å². The molecule has 0 aliphatic rings. The van der Waals surface area contributed by atoms with E-state index < -0.39 is 0 Å². The number of rotatable bonds is 2. The molecule has 0 saturated carbocycles. The summed E-state index contributed by atoms with van der Waals surface area (Å²) in [6.45, 7) is 0. The van der Waals surface area contributed by atoms with E-state index in [1.54, 1.807) is 12.1 Å². The Morgan fingerprint density at radius 3 is 2.41 bits per heavy atom. The fourth-order valence-electron chi connectivity index (χ4n) is 1.53. The van der Waals surface area contributed by atoms with Gasteiger partial charge in [0.05, 0.1) is 25.4 Å². The highest BCUT2D eigenvalue weighted by Crippen LogP contribution is 2.33. The molecule has 0 atom stereocenters. The third-order valence-corrected chi connectivity index (χ3v) is 2.41. The number of fused-ring (bicyclic) bond motifs is 1. The molecule has 2 N–H and O–H groups in total. The Bertz CT molecular complexity index is 619. The molecule has 1 aromatic heterocycles. The minimum atomic E-state index is 0.102. The number of hydrogen-bond donors (Lipinski definition) is 1. The standard InChI is InChI=1S/C11H10N4O2/c1-16-9-3-6-7(4-10(9)17-2)14-15-8(5-12)11(6)13/h3-4H,1-2H3,(H2,13,14). The zero-order chi connectivity index (χ0) is 12.4. The number of anilines is 1. The summed E-state index contributed by atoms with van der Waals surface area (Å²) in [5, 5.41) is 17.1. The molecule has 0 radical (unpaired) electrons. The molecule has 0 amide bonds. The number of ether oxygens (including phenoxy) is 2. The summed E-state index contributed by atoms with van der Waals surface area (Å²) in [5.41, 5.74) is 6.77. The molecule has 2 aromatic rings. The summed E-state index contributed by atoms with van der Waals surface area (Å²) >= 11 is 0. The van der Waals surface area contributed by atoms with Crippen molar-refractivity contribution in [2.75, 3.05) is 20.0 Å². The quantitative estimate of drug-likeness (QED) is 0.830. The monoisotopic (exact) mass is 230 g/mol. The molecule has 0 aliphatic heterocycles. The Morgan fingerprint density at radius 1 is 1.18 bits per heavy atom. The second-order valence-corrected chi connectivity index (χ2v) is 3.30. The van der Waals surface area contributed by atoms with Gasteiger partial charge in [-0.2, -0.15) is 5.26 Å². The topological polar surface area (TPSA) is 94.1 Å². The maximum absolute atomic E-state index is 8.82. The number of aromatic nitrogens is 2. The van der Waals surface area contributed by atoms with Crippen LogP contribution in [0.15, 0.2) is 12.1 Å². The van der Waals surface area contributed by atoms with E-state index in [0.29, 0.717) is 28.1 Å². The van der Waals surface area contributed by atoms with Crippen LogP contribution >= 0.6 is 0 Å². The average Bonchev–Trinajstić information content (AvgIpc) is 2.38. The second kappa shape index (κ2) is 4.14. The van der Waals surface area contributed by atoms with E-state index in [-0.39, 0.29) is 5.69 Å². The number of nitriles is 1. The molecule has 0 unspecified atom stereocenters. The molecule has 0 bridgehead atoms. The lowest BCUT2D eigenvalue weighted by atomic mass is 10.1. The highest BCUT2D eigenvalue weighted by molar-refractivity contribution is 5.93. The first-order valence-electron chi connectivity index (χ1n) is 4.79. The van der Waals surface area contributed by atoms with Crippen LogP contribution in [0.4, 0.5) is 5.69 Å². The van der Waals surface area contributed by atoms with Crippen molar-refractivity contribution in [3.8, 4) is 17.6 Å². The fraction of sp³-hybridized carbons (Fsp3) is 0.182. The summed E-state index contributed by atoms with van der Waals surface area (Å²) in [5.74, 6) is 1.07. The Hall–Kier alpha value is -2.55. The average molecular weight is 230 g/mol. The van der Waals surface area contributed by atoms with Crippen LogP contribution in [0.3, 0.4) is 0 Å². The molecule has 0 fully saturated rings. The van der Waals surface area contributed by atoms with Crippen LogP contribution in [-0.4, -0.2) is 24.4 Å². The first kappa shape index (κ1) is 11.0. The number of nitrogens with zero attached hydrogens (tertiary/aromatic N) is 3. The maximum Gasteiger partial charge on any atom is 0.186 e. The van der Waals surface area contributed by atoms with E-state index in [4.69, 9.17) is 20.5 Å². The lowest BCUT2D eigenvalue weighted by Gasteiger charge is -2.09. The zero-order valence-corrected chi connectivity index (χ0v) is 9.39. The van der Waals surface area contributed by atoms with Crippen LogP contribution in [-0.2, 0) is 0 Å². The molecule has 6 nitrogen and oxygen atoms in total. The number of benzene rings is 1. The van der Waals surface area contributed by atoms with Crippen molar-refractivity contribution in [3.05, 3.63) is 17.8 Å². The van der Waals surface area contributed by atoms with Crippen LogP contribution in [0.2, 0.25) is 0 Å². The normalized spacial score (nSPS) is 9.94. The van der Waals surface area contributed by atoms with Crippen LogP contribution in [0, 0.1) is 11.3 Å². The summed E-state index contributed by atoms with van der Waals surface area (Å²) in [6, 6.07) is 5.23. The molecular weight excluding hydrogens is 220 g/mol. The van der Waals surface area contributed by atoms with E-state index in [9.17, 15) is 0 Å². The van der Waals surface area contributed by atoms with Crippen molar-refractivity contribution in [3.63, 3.8) is 0 Å². The molecule has 0 saturated heterocycles. The van der Waals surface area contributed by atoms with Crippen LogP contribution in [0.25, 0.3) is 10.9 Å². The summed E-state index contributed by atoms with van der Waals surface area (Å²) < 4.78 is 10.3. The molecule has 0 spiro atoms. The van der Waals surface area contributed by atoms with Crippen molar-refractivity contribution >= 4 is 16.6 Å². The SMILES string of the molecule is COc1cc2nnc(C#N)c(N)c2cc1OC. The number of hydrogen-bond acceptors (Lipinski definition) is 6. The van der Waals surface area contributed by atoms with Gasteiger partial charge < -0.3 is 15.2 Å². The van der Waals surface area contributed by atoms with Gasteiger partial charge in [0.15, 0.2) is 17.2 Å². The highest BCUT2D eigenvalue weighted by Gasteiger charge is 2.12. The Morgan fingerprint density at radius 2 is 1.82 bits per heavy atom. The van der Waals surface area contributed by atoms with E-state index in [1.807, 2.05) is 6.07 Å². The van der Waals surface area contributed by atoms with Crippen LogP contribution in [0.1, 0.15) is 5.69 Å². The van der Waals surface area contributed by atoms with E-state index in [0.717, 1.165) is 0 Å². The van der Waals surface area contributed by atoms with Gasteiger partial charge in [0, 0.05) is 11.5 Å². The zero-order valence-electron chi connectivity index (χ0n) is 9.39. The summed E-state index contributed by atoms with van der Waals surface area (Å²) in [6.07, 6.45) is 0. The first-order chi connectivity index (χ1) is 8.21. The molecule has 17 heavy (non-hydrogen) atoms. The van der Waals surface area contributed by atoms with Gasteiger partial charge in [0.25, 0.3) is 0 Å². The van der Waals surface area contributed by atoms with Crippen molar-refractivity contribution in [1.29, 1.82) is 5.26 Å². The number of methoxy groups -OCH3 is 2. The molecule has 6 heteroatoms. The first-order valence-corrected chi connectivity index (χ1v) is 4.79. The molecule has 1 aromatic carbocycles. The second-order valence-electron chi connectivity index (χ2n) is 3.30. The van der Waals surface area contributed by atoms with Crippen molar-refractivity contribution in [2.45, 2.75) is 0 Å². The highest BCUT2D eigenvalue weighted by atomic mass is 16.5. The molecule has 1 heterocycles. The predicted octanol–water partition coefficient (Wildman–Crippen LogP) is 1.10. The van der Waals surface area contributed by atoms with Crippen LogP contribution in [0.5, 0.6) is 11.5 Å². The van der Waals surface area contributed by atoms with Crippen molar-refractivity contribution < 1.29 is 9.47 Å². The third kappa shape index (κ3) is 1.67. The lowest BCUT2D eigenvalue weighted by Crippen LogP contribution is -1.99. The molecule has 0 aliphatic carbocycles. The summed E-state index contributed by atoms with van der Waals surface area (Å²) in [4.78, 5) is 0. The largest absolute Gasteiger partial charge is 0.493 e. The number of nitrogen functional groups attached to an aromatic ring is 1. The van der Waals surface area contributed by atoms with Gasteiger partial charge in [0.2, 0.25) is 0 Å². The van der Waals surface area contributed by atoms with Gasteiger partial charge in [-0.15, -0.1) is 10.2 Å². The van der Waals surface area contributed by atoms with Gasteiger partial charge in [-0.25, -0.2) is 0 Å². The minimum Gasteiger partial charge on any atom is -0.493 e. The predicted molar refractivity (Wildman–Crippen MR) is 61.8 cm³/mol. The lowest BCUT2D eigenvalue weighted by molar-refractivity contribution is 0.356. The van der Waals surface area contributed by atoms with E-state index in [1.165, 1.54) is 14.2 Å². The van der Waals surface area contributed by atoms with Crippen molar-refractivity contribution in [1.82, 2.24) is 10.2 Å². The summed E-state index contributed by atoms with van der Waals surface area (Å²) in [7, 11) is 3.06. The van der Waals surface area contributed by atoms with Gasteiger partial charge >= 0.3 is 0 Å².